The van der Waals surface area contributed by atoms with Crippen molar-refractivity contribution in [1.82, 2.24) is 9.80 Å². The molecule has 0 aromatic heterocycles. The van der Waals surface area contributed by atoms with Crippen LogP contribution in [0.15, 0.2) is 36.4 Å². The Labute approximate surface area is 139 Å². The van der Waals surface area contributed by atoms with E-state index in [1.165, 1.54) is 51.1 Å². The van der Waals surface area contributed by atoms with Crippen LogP contribution in [0.2, 0.25) is 0 Å². The van der Waals surface area contributed by atoms with E-state index < -0.39 is 0 Å². The molecule has 1 aliphatic heterocycles. The lowest BCUT2D eigenvalue weighted by Gasteiger charge is -2.37. The Morgan fingerprint density at radius 1 is 1.04 bits per heavy atom. The lowest BCUT2D eigenvalue weighted by atomic mass is 9.93. The highest BCUT2D eigenvalue weighted by Crippen LogP contribution is 2.43. The first-order valence-electron chi connectivity index (χ1n) is 9.06. The van der Waals surface area contributed by atoms with Crippen LogP contribution in [-0.2, 0) is 6.54 Å². The van der Waals surface area contributed by atoms with Crippen molar-refractivity contribution in [1.29, 1.82) is 0 Å². The summed E-state index contributed by atoms with van der Waals surface area (Å²) in [7, 11) is 1.74. The van der Waals surface area contributed by atoms with Crippen LogP contribution in [0.4, 0.5) is 0 Å². The third-order valence-electron chi connectivity index (χ3n) is 5.91. The van der Waals surface area contributed by atoms with Crippen LogP contribution in [-0.4, -0.2) is 49.6 Å². The minimum absolute atomic E-state index is 0.884. The zero-order valence-electron chi connectivity index (χ0n) is 14.2. The van der Waals surface area contributed by atoms with Gasteiger partial charge in [0.05, 0.1) is 7.11 Å². The van der Waals surface area contributed by atoms with E-state index in [2.05, 4.69) is 40.2 Å². The SMILES string of the molecule is COc1cccc(CN2CCN(C[C@@H]3C[C@@H]4C=C[C@@H]3C4)CC2)c1. The van der Waals surface area contributed by atoms with Gasteiger partial charge in [0.25, 0.3) is 0 Å². The smallest absolute Gasteiger partial charge is 0.119 e. The molecule has 2 bridgehead atoms. The Morgan fingerprint density at radius 2 is 1.87 bits per heavy atom. The van der Waals surface area contributed by atoms with Crippen LogP contribution in [0, 0.1) is 17.8 Å². The zero-order valence-corrected chi connectivity index (χ0v) is 14.2. The average Bonchev–Trinajstić information content (AvgIpc) is 3.20. The molecule has 2 fully saturated rings. The molecule has 1 aromatic carbocycles. The van der Waals surface area contributed by atoms with E-state index in [1.54, 1.807) is 7.11 Å². The number of ether oxygens (including phenoxy) is 1. The molecule has 0 N–H and O–H groups in total. The van der Waals surface area contributed by atoms with Gasteiger partial charge in [-0.3, -0.25) is 4.90 Å². The summed E-state index contributed by atoms with van der Waals surface area (Å²) in [5.41, 5.74) is 1.36. The third kappa shape index (κ3) is 3.46. The predicted molar refractivity (Wildman–Crippen MR) is 93.6 cm³/mol. The molecule has 3 atom stereocenters. The first-order chi connectivity index (χ1) is 11.3. The Hall–Kier alpha value is -1.32. The second-order valence-electron chi connectivity index (χ2n) is 7.47. The lowest BCUT2D eigenvalue weighted by Crippen LogP contribution is -2.47. The lowest BCUT2D eigenvalue weighted by molar-refractivity contribution is 0.108. The number of hydrogen-bond donors (Lipinski definition) is 0. The molecular formula is C20H28N2O. The molecule has 3 heteroatoms. The van der Waals surface area contributed by atoms with E-state index >= 15 is 0 Å². The second-order valence-corrected chi connectivity index (χ2v) is 7.47. The van der Waals surface area contributed by atoms with Crippen molar-refractivity contribution in [3.63, 3.8) is 0 Å². The molecule has 0 radical (unpaired) electrons. The molecule has 0 unspecified atom stereocenters. The van der Waals surface area contributed by atoms with Gasteiger partial charge in [-0.2, -0.15) is 0 Å². The molecule has 0 spiro atoms. The highest BCUT2D eigenvalue weighted by molar-refractivity contribution is 5.28. The summed E-state index contributed by atoms with van der Waals surface area (Å²) in [5.74, 6) is 3.68. The number of fused-ring (bicyclic) bond motifs is 2. The van der Waals surface area contributed by atoms with Crippen LogP contribution in [0.25, 0.3) is 0 Å². The number of nitrogens with zero attached hydrogens (tertiary/aromatic N) is 2. The standard InChI is InChI=1S/C20H28N2O/c1-23-20-4-2-3-17(13-20)14-21-7-9-22(10-8-21)15-19-12-16-5-6-18(19)11-16/h2-6,13,16,18-19H,7-12,14-15H2,1H3/t16-,18-,19+/m1/s1. The third-order valence-corrected chi connectivity index (χ3v) is 5.91. The van der Waals surface area contributed by atoms with E-state index in [-0.39, 0.29) is 0 Å². The topological polar surface area (TPSA) is 15.7 Å². The quantitative estimate of drug-likeness (QED) is 0.777. The Bertz CT molecular complexity index is 563. The number of rotatable bonds is 5. The maximum absolute atomic E-state index is 5.33. The minimum Gasteiger partial charge on any atom is -0.497 e. The monoisotopic (exact) mass is 312 g/mol. The molecule has 0 amide bonds. The van der Waals surface area contributed by atoms with Gasteiger partial charge in [0, 0.05) is 39.3 Å². The Balaban J connectivity index is 1.25. The number of piperazine rings is 1. The van der Waals surface area contributed by atoms with E-state index in [1.807, 2.05) is 6.07 Å². The van der Waals surface area contributed by atoms with E-state index in [0.29, 0.717) is 0 Å². The van der Waals surface area contributed by atoms with Crippen molar-refractivity contribution in [3.8, 4) is 5.75 Å². The van der Waals surface area contributed by atoms with E-state index in [4.69, 9.17) is 4.74 Å². The van der Waals surface area contributed by atoms with E-state index in [9.17, 15) is 0 Å². The molecule has 124 valence electrons. The summed E-state index contributed by atoms with van der Waals surface area (Å²) in [6, 6.07) is 8.47. The Morgan fingerprint density at radius 3 is 2.57 bits per heavy atom. The largest absolute Gasteiger partial charge is 0.497 e. The van der Waals surface area contributed by atoms with Crippen molar-refractivity contribution in [2.75, 3.05) is 39.8 Å². The van der Waals surface area contributed by atoms with Crippen LogP contribution >= 0.6 is 0 Å². The van der Waals surface area contributed by atoms with Crippen LogP contribution < -0.4 is 4.74 Å². The van der Waals surface area contributed by atoms with Gasteiger partial charge in [-0.05, 0) is 48.3 Å². The number of allylic oxidation sites excluding steroid dienone is 2. The van der Waals surface area contributed by atoms with Crippen molar-refractivity contribution < 1.29 is 4.74 Å². The zero-order chi connectivity index (χ0) is 15.6. The maximum atomic E-state index is 5.33. The van der Waals surface area contributed by atoms with Crippen molar-refractivity contribution in [2.45, 2.75) is 19.4 Å². The first-order valence-corrected chi connectivity index (χ1v) is 9.06. The van der Waals surface area contributed by atoms with Crippen LogP contribution in [0.3, 0.4) is 0 Å². The molecule has 1 saturated carbocycles. The molecule has 1 aromatic rings. The normalized spacial score (nSPS) is 30.9. The summed E-state index contributed by atoms with van der Waals surface area (Å²) >= 11 is 0. The second kappa shape index (κ2) is 6.66. The number of hydrogen-bond acceptors (Lipinski definition) is 3. The van der Waals surface area contributed by atoms with Crippen molar-refractivity contribution in [2.24, 2.45) is 17.8 Å². The van der Waals surface area contributed by atoms with Crippen molar-refractivity contribution >= 4 is 0 Å². The van der Waals surface area contributed by atoms with Gasteiger partial charge in [-0.1, -0.05) is 24.3 Å². The average molecular weight is 312 g/mol. The fourth-order valence-electron chi connectivity index (χ4n) is 4.60. The fourth-order valence-corrected chi connectivity index (χ4v) is 4.60. The molecule has 2 aliphatic carbocycles. The molecule has 1 heterocycles. The number of methoxy groups -OCH3 is 1. The van der Waals surface area contributed by atoms with Gasteiger partial charge in [-0.15, -0.1) is 0 Å². The maximum Gasteiger partial charge on any atom is 0.119 e. The highest BCUT2D eigenvalue weighted by atomic mass is 16.5. The van der Waals surface area contributed by atoms with Crippen LogP contribution in [0.1, 0.15) is 18.4 Å². The summed E-state index contributed by atoms with van der Waals surface area (Å²) in [4.78, 5) is 5.27. The minimum atomic E-state index is 0.884. The summed E-state index contributed by atoms with van der Waals surface area (Å²) in [6.07, 6.45) is 7.80. The summed E-state index contributed by atoms with van der Waals surface area (Å²) in [6.45, 7) is 7.19. The van der Waals surface area contributed by atoms with E-state index in [0.717, 1.165) is 30.0 Å². The fraction of sp³-hybridized carbons (Fsp3) is 0.600. The van der Waals surface area contributed by atoms with Gasteiger partial charge in [0.2, 0.25) is 0 Å². The molecular weight excluding hydrogens is 284 g/mol. The van der Waals surface area contributed by atoms with Crippen LogP contribution in [0.5, 0.6) is 5.75 Å². The molecule has 23 heavy (non-hydrogen) atoms. The molecule has 1 saturated heterocycles. The predicted octanol–water partition coefficient (Wildman–Crippen LogP) is 3.03. The molecule has 3 nitrogen and oxygen atoms in total. The van der Waals surface area contributed by atoms with Gasteiger partial charge < -0.3 is 9.64 Å². The van der Waals surface area contributed by atoms with Gasteiger partial charge in [-0.25, -0.2) is 0 Å². The summed E-state index contributed by atoms with van der Waals surface area (Å²) in [5, 5.41) is 0. The van der Waals surface area contributed by atoms with Gasteiger partial charge in [0.15, 0.2) is 0 Å². The first kappa shape index (κ1) is 15.2. The Kier molecular flexibility index (Phi) is 4.41. The van der Waals surface area contributed by atoms with Gasteiger partial charge in [0.1, 0.15) is 5.75 Å². The van der Waals surface area contributed by atoms with Crippen molar-refractivity contribution in [3.05, 3.63) is 42.0 Å². The summed E-state index contributed by atoms with van der Waals surface area (Å²) < 4.78 is 5.33. The molecule has 3 aliphatic rings. The number of benzene rings is 1. The highest BCUT2D eigenvalue weighted by Gasteiger charge is 2.36. The van der Waals surface area contributed by atoms with Gasteiger partial charge >= 0.3 is 0 Å². The molecule has 4 rings (SSSR count).